The van der Waals surface area contributed by atoms with Crippen LogP contribution in [0.1, 0.15) is 34.4 Å². The molecule has 22 heavy (non-hydrogen) atoms. The Morgan fingerprint density at radius 3 is 2.64 bits per heavy atom. The highest BCUT2D eigenvalue weighted by Crippen LogP contribution is 2.13. The van der Waals surface area contributed by atoms with Crippen molar-refractivity contribution < 1.29 is 4.79 Å². The summed E-state index contributed by atoms with van der Waals surface area (Å²) >= 11 is 0. The third-order valence-electron chi connectivity index (χ3n) is 3.52. The molecule has 0 spiro atoms. The molecule has 0 saturated heterocycles. The van der Waals surface area contributed by atoms with Gasteiger partial charge in [0.25, 0.3) is 11.7 Å². The average Bonchev–Trinajstić information content (AvgIpc) is 2.94. The normalized spacial score (nSPS) is 10.9. The molecule has 0 unspecified atom stereocenters. The fraction of sp³-hybridized carbons (Fsp3) is 0.250. The van der Waals surface area contributed by atoms with Crippen molar-refractivity contribution in [2.24, 2.45) is 0 Å². The molecule has 0 aliphatic rings. The Balaban J connectivity index is 1.93. The largest absolute Gasteiger partial charge is 0.322 e. The minimum absolute atomic E-state index is 0.204. The van der Waals surface area contributed by atoms with Crippen LogP contribution in [-0.2, 0) is 6.42 Å². The van der Waals surface area contributed by atoms with Crippen LogP contribution in [0.3, 0.4) is 0 Å². The van der Waals surface area contributed by atoms with E-state index in [1.165, 1.54) is 0 Å². The van der Waals surface area contributed by atoms with E-state index in [0.29, 0.717) is 17.2 Å². The molecule has 2 aromatic heterocycles. The first-order chi connectivity index (χ1) is 10.6. The Morgan fingerprint density at radius 1 is 1.23 bits per heavy atom. The number of carbonyl (C=O) groups excluding carboxylic acids is 1. The Labute approximate surface area is 128 Å². The van der Waals surface area contributed by atoms with Gasteiger partial charge in [0.15, 0.2) is 5.82 Å². The number of aryl methyl sites for hydroxylation is 3. The molecule has 0 fully saturated rings. The van der Waals surface area contributed by atoms with Gasteiger partial charge in [-0.25, -0.2) is 9.50 Å². The van der Waals surface area contributed by atoms with Crippen LogP contribution >= 0.6 is 0 Å². The van der Waals surface area contributed by atoms with Gasteiger partial charge in [-0.15, -0.1) is 5.10 Å². The zero-order valence-electron chi connectivity index (χ0n) is 12.8. The van der Waals surface area contributed by atoms with Gasteiger partial charge in [0.05, 0.1) is 11.3 Å². The fourth-order valence-corrected chi connectivity index (χ4v) is 2.19. The van der Waals surface area contributed by atoms with Crippen molar-refractivity contribution in [2.75, 3.05) is 5.32 Å². The quantitative estimate of drug-likeness (QED) is 0.806. The summed E-state index contributed by atoms with van der Waals surface area (Å²) in [6.07, 6.45) is 2.27. The summed E-state index contributed by atoms with van der Waals surface area (Å²) in [6.45, 7) is 5.82. The molecule has 0 atom stereocenters. The van der Waals surface area contributed by atoms with Crippen molar-refractivity contribution >= 4 is 17.4 Å². The molecule has 0 saturated carbocycles. The highest BCUT2D eigenvalue weighted by molar-refractivity contribution is 6.04. The molecule has 2 heterocycles. The Morgan fingerprint density at radius 2 is 1.95 bits per heavy atom. The summed E-state index contributed by atoms with van der Waals surface area (Å²) in [6, 6.07) is 7.65. The number of amides is 1. The van der Waals surface area contributed by atoms with Crippen LogP contribution in [0.5, 0.6) is 0 Å². The van der Waals surface area contributed by atoms with Crippen molar-refractivity contribution in [3.8, 4) is 0 Å². The van der Waals surface area contributed by atoms with Crippen molar-refractivity contribution in [1.82, 2.24) is 19.6 Å². The molecule has 1 amide bonds. The van der Waals surface area contributed by atoms with Gasteiger partial charge < -0.3 is 5.32 Å². The van der Waals surface area contributed by atoms with E-state index in [4.69, 9.17) is 0 Å². The number of carbonyl (C=O) groups is 1. The minimum Gasteiger partial charge on any atom is -0.322 e. The first-order valence-corrected chi connectivity index (χ1v) is 7.17. The Hall–Kier alpha value is -2.76. The second-order valence-corrected chi connectivity index (χ2v) is 5.17. The second kappa shape index (κ2) is 5.55. The van der Waals surface area contributed by atoms with Crippen LogP contribution in [0.2, 0.25) is 0 Å². The number of benzene rings is 1. The van der Waals surface area contributed by atoms with Crippen LogP contribution < -0.4 is 5.32 Å². The summed E-state index contributed by atoms with van der Waals surface area (Å²) in [4.78, 5) is 20.9. The van der Waals surface area contributed by atoms with Gasteiger partial charge >= 0.3 is 0 Å². The summed E-state index contributed by atoms with van der Waals surface area (Å²) in [5, 5.41) is 7.23. The molecular weight excluding hydrogens is 278 g/mol. The van der Waals surface area contributed by atoms with E-state index in [1.54, 1.807) is 10.7 Å². The molecule has 112 valence electrons. The van der Waals surface area contributed by atoms with Crippen LogP contribution in [0, 0.1) is 13.8 Å². The van der Waals surface area contributed by atoms with E-state index in [-0.39, 0.29) is 5.91 Å². The number of fused-ring (bicyclic) bond motifs is 1. The van der Waals surface area contributed by atoms with Crippen molar-refractivity contribution in [2.45, 2.75) is 27.2 Å². The standard InChI is InChI=1S/C16H17N5O/c1-4-14-19-16-17-9-13(11(3)21(16)20-14)15(22)18-12-7-5-10(2)6-8-12/h5-9H,4H2,1-3H3,(H,18,22). The van der Waals surface area contributed by atoms with Gasteiger partial charge in [0.2, 0.25) is 0 Å². The summed E-state index contributed by atoms with van der Waals surface area (Å²) in [7, 11) is 0. The lowest BCUT2D eigenvalue weighted by molar-refractivity contribution is 0.102. The van der Waals surface area contributed by atoms with Crippen LogP contribution in [-0.4, -0.2) is 25.5 Å². The number of rotatable bonds is 3. The van der Waals surface area contributed by atoms with Crippen molar-refractivity contribution in [3.63, 3.8) is 0 Å². The lowest BCUT2D eigenvalue weighted by Crippen LogP contribution is -2.16. The topological polar surface area (TPSA) is 72.2 Å². The molecule has 0 aliphatic heterocycles. The van der Waals surface area contributed by atoms with E-state index in [2.05, 4.69) is 20.4 Å². The van der Waals surface area contributed by atoms with Gasteiger partial charge in [-0.1, -0.05) is 24.6 Å². The van der Waals surface area contributed by atoms with Crippen molar-refractivity contribution in [1.29, 1.82) is 0 Å². The zero-order valence-corrected chi connectivity index (χ0v) is 12.8. The van der Waals surface area contributed by atoms with E-state index in [0.717, 1.165) is 23.4 Å². The van der Waals surface area contributed by atoms with Gasteiger partial charge in [-0.3, -0.25) is 4.79 Å². The monoisotopic (exact) mass is 295 g/mol. The lowest BCUT2D eigenvalue weighted by Gasteiger charge is -2.08. The number of nitrogens with zero attached hydrogens (tertiary/aromatic N) is 4. The van der Waals surface area contributed by atoms with Crippen LogP contribution in [0.25, 0.3) is 5.78 Å². The average molecular weight is 295 g/mol. The number of aromatic nitrogens is 4. The number of nitrogens with one attached hydrogen (secondary N) is 1. The zero-order chi connectivity index (χ0) is 15.7. The first kappa shape index (κ1) is 14.2. The molecule has 1 N–H and O–H groups in total. The van der Waals surface area contributed by atoms with Crippen LogP contribution in [0.15, 0.2) is 30.5 Å². The maximum absolute atomic E-state index is 12.4. The highest BCUT2D eigenvalue weighted by Gasteiger charge is 2.15. The Kier molecular flexibility index (Phi) is 3.58. The summed E-state index contributed by atoms with van der Waals surface area (Å²) in [5.74, 6) is 1.03. The number of hydrogen-bond acceptors (Lipinski definition) is 4. The lowest BCUT2D eigenvalue weighted by atomic mass is 10.2. The molecule has 0 radical (unpaired) electrons. The maximum atomic E-state index is 12.4. The van der Waals surface area contributed by atoms with Gasteiger partial charge in [-0.05, 0) is 26.0 Å². The van der Waals surface area contributed by atoms with E-state index < -0.39 is 0 Å². The van der Waals surface area contributed by atoms with Gasteiger partial charge in [0, 0.05) is 18.3 Å². The molecule has 3 rings (SSSR count). The molecular formula is C16H17N5O. The third kappa shape index (κ3) is 2.55. The second-order valence-electron chi connectivity index (χ2n) is 5.17. The maximum Gasteiger partial charge on any atom is 0.259 e. The third-order valence-corrected chi connectivity index (χ3v) is 3.52. The molecule has 6 nitrogen and oxygen atoms in total. The predicted octanol–water partition coefficient (Wildman–Crippen LogP) is 2.56. The SMILES string of the molecule is CCc1nc2ncc(C(=O)Nc3ccc(C)cc3)c(C)n2n1. The van der Waals surface area contributed by atoms with Gasteiger partial charge in [0.1, 0.15) is 0 Å². The number of hydrogen-bond donors (Lipinski definition) is 1. The summed E-state index contributed by atoms with van der Waals surface area (Å²) in [5.41, 5.74) is 3.11. The van der Waals surface area contributed by atoms with Crippen LogP contribution in [0.4, 0.5) is 5.69 Å². The summed E-state index contributed by atoms with van der Waals surface area (Å²) < 4.78 is 1.61. The van der Waals surface area contributed by atoms with E-state index in [1.807, 2.05) is 45.0 Å². The van der Waals surface area contributed by atoms with Crippen molar-refractivity contribution in [3.05, 3.63) is 53.1 Å². The van der Waals surface area contributed by atoms with E-state index >= 15 is 0 Å². The van der Waals surface area contributed by atoms with Gasteiger partial charge in [-0.2, -0.15) is 4.98 Å². The fourth-order valence-electron chi connectivity index (χ4n) is 2.19. The molecule has 3 aromatic rings. The number of anilines is 1. The molecule has 0 bridgehead atoms. The predicted molar refractivity (Wildman–Crippen MR) is 84.0 cm³/mol. The molecule has 6 heteroatoms. The first-order valence-electron chi connectivity index (χ1n) is 7.17. The minimum atomic E-state index is -0.204. The molecule has 0 aliphatic carbocycles. The smallest absolute Gasteiger partial charge is 0.259 e. The molecule has 1 aromatic carbocycles. The highest BCUT2D eigenvalue weighted by atomic mass is 16.1. The van der Waals surface area contributed by atoms with E-state index in [9.17, 15) is 4.79 Å². The Bertz CT molecular complexity index is 836.